The monoisotopic (exact) mass is 450 g/mol. The van der Waals surface area contributed by atoms with E-state index < -0.39 is 32.7 Å². The van der Waals surface area contributed by atoms with Crippen LogP contribution in [0, 0.1) is 0 Å². The van der Waals surface area contributed by atoms with Crippen molar-refractivity contribution >= 4 is 22.2 Å². The van der Waals surface area contributed by atoms with Crippen molar-refractivity contribution in [3.05, 3.63) is 0 Å². The summed E-state index contributed by atoms with van der Waals surface area (Å²) in [5, 5.41) is -1.04. The topological polar surface area (TPSA) is 80.3 Å². The molecule has 6 heteroatoms. The van der Waals surface area contributed by atoms with Crippen LogP contribution in [0.1, 0.15) is 136 Å². The van der Waals surface area contributed by atoms with Crippen molar-refractivity contribution in [2.75, 3.05) is 0 Å². The summed E-state index contributed by atoms with van der Waals surface area (Å²) in [6, 6.07) is 0. The van der Waals surface area contributed by atoms with Gasteiger partial charge in [-0.3, -0.25) is 8.42 Å². The Morgan fingerprint density at radius 3 is 1.07 bits per heavy atom. The van der Waals surface area contributed by atoms with Gasteiger partial charge in [0.15, 0.2) is 0 Å². The summed E-state index contributed by atoms with van der Waals surface area (Å²) in [6.07, 6.45) is 20.2. The minimum absolute atomic E-state index is 0.263. The number of rotatable bonds is 22. The first-order valence-electron chi connectivity index (χ1n) is 12.2. The van der Waals surface area contributed by atoms with Gasteiger partial charge in [-0.25, -0.2) is 0 Å². The van der Waals surface area contributed by atoms with Crippen LogP contribution in [0.15, 0.2) is 0 Å². The summed E-state index contributed by atoms with van der Waals surface area (Å²) < 4.78 is 46.4. The third-order valence-electron chi connectivity index (χ3n) is 5.83. The standard InChI is InChI=1S/C23H48O4S2/c1-3-5-7-9-11-13-15-17-19-22(28(24)25)21-23(29(26)27)20-18-16-14-12-10-8-6-4-2/h22-23H,3-21H2,1-2H3,(H,24,25)(H,26,27)/p-2. The van der Waals surface area contributed by atoms with Gasteiger partial charge in [0.25, 0.3) is 0 Å². The van der Waals surface area contributed by atoms with Crippen LogP contribution in [-0.4, -0.2) is 28.0 Å². The molecule has 0 rings (SSSR count). The molecule has 4 atom stereocenters. The molecule has 0 aliphatic heterocycles. The fourth-order valence-corrected chi connectivity index (χ4v) is 5.51. The average molecular weight is 451 g/mol. The average Bonchev–Trinajstić information content (AvgIpc) is 2.69. The van der Waals surface area contributed by atoms with Crippen molar-refractivity contribution in [2.45, 2.75) is 146 Å². The lowest BCUT2D eigenvalue weighted by Crippen LogP contribution is -2.25. The van der Waals surface area contributed by atoms with Gasteiger partial charge < -0.3 is 9.11 Å². The van der Waals surface area contributed by atoms with Crippen LogP contribution in [0.4, 0.5) is 0 Å². The molecule has 0 N–H and O–H groups in total. The maximum atomic E-state index is 11.6. The van der Waals surface area contributed by atoms with Crippen LogP contribution in [0.25, 0.3) is 0 Å². The molecule has 0 spiro atoms. The SMILES string of the molecule is CCCCCCCCCCC(CC(CCCCCCCCCC)S(=O)[O-])S(=O)[O-]. The molecule has 0 aromatic heterocycles. The molecule has 0 aliphatic carbocycles. The molecule has 0 aliphatic rings. The maximum absolute atomic E-state index is 11.6. The van der Waals surface area contributed by atoms with Gasteiger partial charge in [-0.05, 0) is 19.3 Å². The van der Waals surface area contributed by atoms with Gasteiger partial charge in [0.05, 0.1) is 0 Å². The zero-order chi connectivity index (χ0) is 21.7. The predicted octanol–water partition coefficient (Wildman–Crippen LogP) is 6.93. The predicted molar refractivity (Wildman–Crippen MR) is 124 cm³/mol. The summed E-state index contributed by atoms with van der Waals surface area (Å²) in [5.41, 5.74) is 0. The van der Waals surface area contributed by atoms with Gasteiger partial charge in [-0.15, -0.1) is 0 Å². The van der Waals surface area contributed by atoms with Crippen LogP contribution in [-0.2, 0) is 22.2 Å². The van der Waals surface area contributed by atoms with Gasteiger partial charge >= 0.3 is 0 Å². The molecule has 0 bridgehead atoms. The lowest BCUT2D eigenvalue weighted by molar-refractivity contribution is 0.465. The fourth-order valence-electron chi connectivity index (χ4n) is 3.89. The fraction of sp³-hybridized carbons (Fsp3) is 1.00. The van der Waals surface area contributed by atoms with Gasteiger partial charge in [-0.2, -0.15) is 0 Å². The van der Waals surface area contributed by atoms with E-state index in [0.29, 0.717) is 12.8 Å². The number of unbranched alkanes of at least 4 members (excludes halogenated alkanes) is 14. The van der Waals surface area contributed by atoms with E-state index in [1.807, 2.05) is 0 Å². The molecule has 0 aromatic carbocycles. The van der Waals surface area contributed by atoms with Crippen LogP contribution in [0.3, 0.4) is 0 Å². The third kappa shape index (κ3) is 18.7. The summed E-state index contributed by atoms with van der Waals surface area (Å²) in [6.45, 7) is 4.42. The Labute approximate surface area is 186 Å². The zero-order valence-electron chi connectivity index (χ0n) is 19.0. The van der Waals surface area contributed by atoms with Crippen LogP contribution in [0.5, 0.6) is 0 Å². The lowest BCUT2D eigenvalue weighted by atomic mass is 10.0. The Hall–Kier alpha value is 0.220. The second kappa shape index (κ2) is 21.5. The first kappa shape index (κ1) is 29.2. The van der Waals surface area contributed by atoms with Crippen LogP contribution < -0.4 is 0 Å². The number of hydrogen-bond acceptors (Lipinski definition) is 4. The summed E-state index contributed by atoms with van der Waals surface area (Å²) >= 11 is -4.38. The summed E-state index contributed by atoms with van der Waals surface area (Å²) in [7, 11) is 0. The third-order valence-corrected chi connectivity index (χ3v) is 7.77. The molecule has 0 saturated carbocycles. The molecule has 4 unspecified atom stereocenters. The summed E-state index contributed by atoms with van der Waals surface area (Å²) in [5.74, 6) is 0. The quantitative estimate of drug-likeness (QED) is 0.132. The number of hydrogen-bond donors (Lipinski definition) is 0. The molecule has 176 valence electrons. The highest BCUT2D eigenvalue weighted by molar-refractivity contribution is 7.80. The maximum Gasteiger partial charge on any atom is 0.0226 e. The molecule has 0 amide bonds. The van der Waals surface area contributed by atoms with Crippen molar-refractivity contribution in [1.82, 2.24) is 0 Å². The molecular formula is C23H46O4S2-2. The minimum atomic E-state index is -2.19. The molecule has 4 nitrogen and oxygen atoms in total. The first-order valence-corrected chi connectivity index (χ1v) is 14.5. The molecule has 0 fully saturated rings. The van der Waals surface area contributed by atoms with Gasteiger partial charge in [0.2, 0.25) is 0 Å². The highest BCUT2D eigenvalue weighted by atomic mass is 32.2. The zero-order valence-corrected chi connectivity index (χ0v) is 20.7. The van der Waals surface area contributed by atoms with Crippen molar-refractivity contribution in [3.63, 3.8) is 0 Å². The lowest BCUT2D eigenvalue weighted by Gasteiger charge is -2.27. The van der Waals surface area contributed by atoms with E-state index in [9.17, 15) is 17.5 Å². The van der Waals surface area contributed by atoms with Crippen LogP contribution >= 0.6 is 0 Å². The van der Waals surface area contributed by atoms with E-state index >= 15 is 0 Å². The van der Waals surface area contributed by atoms with E-state index in [-0.39, 0.29) is 6.42 Å². The largest absolute Gasteiger partial charge is 0.772 e. The van der Waals surface area contributed by atoms with Gasteiger partial charge in [0.1, 0.15) is 0 Å². The molecule has 0 saturated heterocycles. The molecule has 0 radical (unpaired) electrons. The Kier molecular flexibility index (Phi) is 21.6. The van der Waals surface area contributed by atoms with Gasteiger partial charge in [-0.1, -0.05) is 139 Å². The van der Waals surface area contributed by atoms with Crippen molar-refractivity contribution in [1.29, 1.82) is 0 Å². The Morgan fingerprint density at radius 1 is 0.517 bits per heavy atom. The minimum Gasteiger partial charge on any atom is -0.772 e. The van der Waals surface area contributed by atoms with Crippen LogP contribution in [0.2, 0.25) is 0 Å². The van der Waals surface area contributed by atoms with Gasteiger partial charge in [0, 0.05) is 10.5 Å². The highest BCUT2D eigenvalue weighted by Crippen LogP contribution is 2.21. The Balaban J connectivity index is 4.02. The van der Waals surface area contributed by atoms with E-state index in [0.717, 1.165) is 38.5 Å². The van der Waals surface area contributed by atoms with Crippen molar-refractivity contribution in [2.24, 2.45) is 0 Å². The normalized spacial score (nSPS) is 15.9. The highest BCUT2D eigenvalue weighted by Gasteiger charge is 2.18. The van der Waals surface area contributed by atoms with E-state index in [4.69, 9.17) is 0 Å². The Morgan fingerprint density at radius 2 is 0.793 bits per heavy atom. The second-order valence-corrected chi connectivity index (χ2v) is 10.9. The van der Waals surface area contributed by atoms with Crippen molar-refractivity contribution < 1.29 is 17.5 Å². The first-order chi connectivity index (χ1) is 14.0. The molecule has 29 heavy (non-hydrogen) atoms. The Bertz CT molecular complexity index is 368. The molecule has 0 aromatic rings. The van der Waals surface area contributed by atoms with Crippen molar-refractivity contribution in [3.8, 4) is 0 Å². The molecule has 0 heterocycles. The van der Waals surface area contributed by atoms with E-state index in [2.05, 4.69) is 13.8 Å². The van der Waals surface area contributed by atoms with E-state index in [1.165, 1.54) is 64.2 Å². The molecular weight excluding hydrogens is 404 g/mol. The smallest absolute Gasteiger partial charge is 0.0226 e. The van der Waals surface area contributed by atoms with E-state index in [1.54, 1.807) is 0 Å². The summed E-state index contributed by atoms with van der Waals surface area (Å²) in [4.78, 5) is 0. The second-order valence-electron chi connectivity index (χ2n) is 8.53.